The zero-order valence-corrected chi connectivity index (χ0v) is 24.2. The van der Waals surface area contributed by atoms with Gasteiger partial charge in [-0.2, -0.15) is 13.5 Å². The number of hydrogen-bond acceptors (Lipinski definition) is 8. The van der Waals surface area contributed by atoms with E-state index in [-0.39, 0.29) is 19.3 Å². The Balaban J connectivity index is -0.000000209. The first-order valence-corrected chi connectivity index (χ1v) is 11.4. The molecule has 3 aromatic rings. The number of carboxylic acid groups (broad SMARTS) is 2. The predicted molar refractivity (Wildman–Crippen MR) is 159 cm³/mol. The molecule has 1 atom stereocenters. The quantitative estimate of drug-likeness (QED) is 0.286. The van der Waals surface area contributed by atoms with Gasteiger partial charge in [-0.25, -0.2) is 4.79 Å². The smallest absolute Gasteiger partial charge is 0.371 e. The lowest BCUT2D eigenvalue weighted by molar-refractivity contribution is -0.148. The molecule has 11 heteroatoms. The molecule has 222 valence electrons. The van der Waals surface area contributed by atoms with Crippen LogP contribution in [0.2, 0.25) is 0 Å². The van der Waals surface area contributed by atoms with Gasteiger partial charge in [-0.3, -0.25) is 24.0 Å². The highest BCUT2D eigenvalue weighted by atomic mass is 32.1. The number of ketones is 2. The van der Waals surface area contributed by atoms with Crippen molar-refractivity contribution in [2.24, 2.45) is 0 Å². The second kappa shape index (κ2) is 29.8. The first-order valence-electron chi connectivity index (χ1n) is 11.4. The SMILES string of the molecule is CC(=O)C(=O)O.CC(=O)O.CC(=O)[C@@H](O)c1ccccc1.CC=O.O=Cc1ccccc1.O=Cc1ccccc1.S. The number of rotatable bonds is 5. The van der Waals surface area contributed by atoms with Gasteiger partial charge in [0, 0.05) is 25.0 Å². The summed E-state index contributed by atoms with van der Waals surface area (Å²) in [6.45, 7) is 4.90. The molecule has 0 fully saturated rings. The third kappa shape index (κ3) is 31.4. The largest absolute Gasteiger partial charge is 0.481 e. The summed E-state index contributed by atoms with van der Waals surface area (Å²) in [6.07, 6.45) is 1.45. The van der Waals surface area contributed by atoms with E-state index in [1.165, 1.54) is 13.8 Å². The lowest BCUT2D eigenvalue weighted by Gasteiger charge is -2.04. The average Bonchev–Trinajstić information content (AvgIpc) is 2.95. The number of Topliss-reactive ketones (excluding diaryl/α,β-unsaturated/α-hetero) is 2. The van der Waals surface area contributed by atoms with E-state index in [9.17, 15) is 29.1 Å². The Labute approximate surface area is 246 Å². The number of aliphatic carboxylic acids is 2. The van der Waals surface area contributed by atoms with E-state index in [0.717, 1.165) is 43.8 Å². The first kappa shape index (κ1) is 43.3. The van der Waals surface area contributed by atoms with Crippen LogP contribution in [0.25, 0.3) is 0 Å². The highest BCUT2D eigenvalue weighted by molar-refractivity contribution is 7.59. The second-order valence-corrected chi connectivity index (χ2v) is 7.10. The van der Waals surface area contributed by atoms with Gasteiger partial charge >= 0.3 is 5.97 Å². The van der Waals surface area contributed by atoms with Crippen LogP contribution in [0, 0.1) is 0 Å². The van der Waals surface area contributed by atoms with Crippen LogP contribution in [0.5, 0.6) is 0 Å². The van der Waals surface area contributed by atoms with E-state index in [2.05, 4.69) is 0 Å². The number of benzene rings is 3. The van der Waals surface area contributed by atoms with Gasteiger partial charge in [-0.1, -0.05) is 91.0 Å². The fraction of sp³-hybridized carbons (Fsp3) is 0.167. The highest BCUT2D eigenvalue weighted by Crippen LogP contribution is 2.11. The van der Waals surface area contributed by atoms with Crippen LogP contribution >= 0.6 is 13.5 Å². The normalized spacial score (nSPS) is 8.71. The molecule has 0 aliphatic carbocycles. The molecule has 41 heavy (non-hydrogen) atoms. The van der Waals surface area contributed by atoms with Crippen molar-refractivity contribution in [1.29, 1.82) is 0 Å². The molecule has 10 nitrogen and oxygen atoms in total. The van der Waals surface area contributed by atoms with Crippen LogP contribution in [-0.2, 0) is 24.0 Å². The molecule has 0 bridgehead atoms. The Hall–Kier alpha value is -4.74. The molecule has 0 spiro atoms. The molecule has 0 aromatic heterocycles. The molecule has 0 saturated heterocycles. The zero-order valence-electron chi connectivity index (χ0n) is 23.2. The number of carboxylic acids is 2. The van der Waals surface area contributed by atoms with Crippen molar-refractivity contribution in [2.75, 3.05) is 0 Å². The van der Waals surface area contributed by atoms with Gasteiger partial charge in [0.05, 0.1) is 0 Å². The van der Waals surface area contributed by atoms with Crippen LogP contribution in [0.15, 0.2) is 91.0 Å². The van der Waals surface area contributed by atoms with E-state index in [0.29, 0.717) is 5.56 Å². The average molecular weight is 589 g/mol. The van der Waals surface area contributed by atoms with Gasteiger partial charge in [-0.05, 0) is 19.4 Å². The molecule has 3 rings (SSSR count). The molecule has 0 aliphatic rings. The molecule has 0 radical (unpaired) electrons. The maximum Gasteiger partial charge on any atom is 0.371 e. The summed E-state index contributed by atoms with van der Waals surface area (Å²) in [4.78, 5) is 67.4. The fourth-order valence-electron chi connectivity index (χ4n) is 1.93. The summed E-state index contributed by atoms with van der Waals surface area (Å²) in [5.41, 5.74) is 2.11. The Morgan fingerprint density at radius 3 is 1.05 bits per heavy atom. The summed E-state index contributed by atoms with van der Waals surface area (Å²) in [5, 5.41) is 24.3. The number of aliphatic hydroxyl groups excluding tert-OH is 1. The monoisotopic (exact) mass is 588 g/mol. The molecular weight excluding hydrogens is 552 g/mol. The summed E-state index contributed by atoms with van der Waals surface area (Å²) >= 11 is 0. The van der Waals surface area contributed by atoms with Crippen LogP contribution in [0.3, 0.4) is 0 Å². The minimum absolute atomic E-state index is 0. The summed E-state index contributed by atoms with van der Waals surface area (Å²) in [6, 6.07) is 27.1. The first-order chi connectivity index (χ1) is 18.9. The van der Waals surface area contributed by atoms with Crippen molar-refractivity contribution in [3.05, 3.63) is 108 Å². The van der Waals surface area contributed by atoms with Gasteiger partial charge in [0.25, 0.3) is 5.97 Å². The van der Waals surface area contributed by atoms with E-state index in [1.54, 1.807) is 48.5 Å². The van der Waals surface area contributed by atoms with Crippen LogP contribution in [0.1, 0.15) is 60.1 Å². The van der Waals surface area contributed by atoms with E-state index in [1.807, 2.05) is 42.5 Å². The lowest BCUT2D eigenvalue weighted by atomic mass is 10.1. The van der Waals surface area contributed by atoms with Crippen molar-refractivity contribution in [1.82, 2.24) is 0 Å². The topological polar surface area (TPSA) is 180 Å². The number of hydrogen-bond donors (Lipinski definition) is 3. The van der Waals surface area contributed by atoms with Crippen LogP contribution < -0.4 is 0 Å². The van der Waals surface area contributed by atoms with Crippen molar-refractivity contribution in [3.63, 3.8) is 0 Å². The second-order valence-electron chi connectivity index (χ2n) is 7.10. The maximum absolute atomic E-state index is 10.7. The Morgan fingerprint density at radius 2 is 0.878 bits per heavy atom. The summed E-state index contributed by atoms with van der Waals surface area (Å²) in [7, 11) is 0. The Kier molecular flexibility index (Phi) is 31.5. The minimum atomic E-state index is -1.38. The predicted octanol–water partition coefficient (Wildman–Crippen LogP) is 4.38. The third-order valence-corrected chi connectivity index (χ3v) is 3.67. The standard InChI is InChI=1S/C9H10O2.2C7H6O.C3H4O3.C2H4O2.C2H4O.H2S/c1-7(10)9(11)8-5-3-2-4-6-8;2*8-6-7-4-2-1-3-5-7;1-2(4)3(5)6;1-2(3)4;1-2-3;/h2-6,9,11H,1H3;2*1-6H;1H3,(H,5,6);1H3,(H,3,4);2H,1H3;1H2/t9-;;;;;;/m1....../s1. The molecule has 0 amide bonds. The van der Waals surface area contributed by atoms with Gasteiger partial charge in [0.1, 0.15) is 25.0 Å². The molecular formula is C30H36O10S. The van der Waals surface area contributed by atoms with Crippen molar-refractivity contribution in [2.45, 2.75) is 33.8 Å². The number of carbonyl (C=O) groups excluding carboxylic acids is 5. The third-order valence-electron chi connectivity index (χ3n) is 3.67. The van der Waals surface area contributed by atoms with Crippen molar-refractivity contribution >= 4 is 55.9 Å². The molecule has 3 N–H and O–H groups in total. The van der Waals surface area contributed by atoms with E-state index >= 15 is 0 Å². The van der Waals surface area contributed by atoms with Crippen molar-refractivity contribution in [3.8, 4) is 0 Å². The molecule has 3 aromatic carbocycles. The molecule has 0 saturated carbocycles. The van der Waals surface area contributed by atoms with Crippen LogP contribution in [-0.4, -0.2) is 57.7 Å². The fourth-order valence-corrected chi connectivity index (χ4v) is 1.93. The van der Waals surface area contributed by atoms with Gasteiger partial charge in [-0.15, -0.1) is 0 Å². The van der Waals surface area contributed by atoms with Gasteiger partial charge < -0.3 is 20.1 Å². The minimum Gasteiger partial charge on any atom is -0.481 e. The maximum atomic E-state index is 10.7. The highest BCUT2D eigenvalue weighted by Gasteiger charge is 2.10. The Morgan fingerprint density at radius 1 is 0.634 bits per heavy atom. The number of aldehydes is 3. The zero-order chi connectivity index (χ0) is 31.3. The van der Waals surface area contributed by atoms with Gasteiger partial charge in [0.15, 0.2) is 5.78 Å². The van der Waals surface area contributed by atoms with Crippen molar-refractivity contribution < 1.29 is 48.9 Å². The number of carbonyl (C=O) groups is 7. The van der Waals surface area contributed by atoms with E-state index < -0.39 is 23.8 Å². The lowest BCUT2D eigenvalue weighted by Crippen LogP contribution is -2.06. The Bertz CT molecular complexity index is 1080. The summed E-state index contributed by atoms with van der Waals surface area (Å²) < 4.78 is 0. The van der Waals surface area contributed by atoms with Gasteiger partial charge in [0.2, 0.25) is 5.78 Å². The molecule has 0 unspecified atom stereocenters. The summed E-state index contributed by atoms with van der Waals surface area (Å²) in [5.74, 6) is -3.26. The van der Waals surface area contributed by atoms with Crippen LogP contribution in [0.4, 0.5) is 0 Å². The van der Waals surface area contributed by atoms with E-state index in [4.69, 9.17) is 19.8 Å². The molecule has 0 heterocycles. The number of aliphatic hydroxyl groups is 1. The molecule has 0 aliphatic heterocycles.